The lowest BCUT2D eigenvalue weighted by molar-refractivity contribution is 0.634. The van der Waals surface area contributed by atoms with Crippen molar-refractivity contribution in [2.45, 2.75) is 0 Å². The molecular formula is C17H17N. The maximum atomic E-state index is 2.09. The van der Waals surface area contributed by atoms with Gasteiger partial charge in [0.15, 0.2) is 0 Å². The van der Waals surface area contributed by atoms with Crippen LogP contribution in [0.4, 0.5) is 0 Å². The van der Waals surface area contributed by atoms with Crippen LogP contribution in [0.2, 0.25) is 0 Å². The van der Waals surface area contributed by atoms with Crippen LogP contribution in [0.1, 0.15) is 11.1 Å². The average molecular weight is 235 g/mol. The lowest BCUT2D eigenvalue weighted by Gasteiger charge is -2.06. The molecule has 0 N–H and O–H groups in total. The molecule has 2 aromatic carbocycles. The van der Waals surface area contributed by atoms with E-state index in [4.69, 9.17) is 0 Å². The number of nitrogens with zero attached hydrogens (tertiary/aromatic N) is 1. The molecule has 90 valence electrons. The molecule has 0 aliphatic carbocycles. The molecule has 0 fully saturated rings. The summed E-state index contributed by atoms with van der Waals surface area (Å²) in [5, 5.41) is 0. The van der Waals surface area contributed by atoms with Gasteiger partial charge in [-0.3, -0.25) is 0 Å². The zero-order valence-electron chi connectivity index (χ0n) is 10.5. The van der Waals surface area contributed by atoms with Gasteiger partial charge in [0.05, 0.1) is 0 Å². The number of benzene rings is 2. The molecule has 18 heavy (non-hydrogen) atoms. The summed E-state index contributed by atoms with van der Waals surface area (Å²) < 4.78 is 0. The predicted molar refractivity (Wildman–Crippen MR) is 78.7 cm³/mol. The molecule has 0 aliphatic rings. The highest BCUT2D eigenvalue weighted by molar-refractivity contribution is 5.51. The maximum absolute atomic E-state index is 2.09. The molecule has 0 heterocycles. The SMILES string of the molecule is CN(C=Cc1ccccc1)C=Cc1ccccc1. The van der Waals surface area contributed by atoms with Crippen molar-refractivity contribution in [3.8, 4) is 0 Å². The first-order valence-corrected chi connectivity index (χ1v) is 6.03. The van der Waals surface area contributed by atoms with E-state index in [9.17, 15) is 0 Å². The molecule has 0 saturated carbocycles. The van der Waals surface area contributed by atoms with Crippen molar-refractivity contribution in [3.63, 3.8) is 0 Å². The van der Waals surface area contributed by atoms with Crippen LogP contribution in [0.5, 0.6) is 0 Å². The molecule has 2 rings (SSSR count). The molecule has 0 atom stereocenters. The zero-order valence-corrected chi connectivity index (χ0v) is 10.5. The Morgan fingerprint density at radius 2 is 1.06 bits per heavy atom. The van der Waals surface area contributed by atoms with Gasteiger partial charge in [-0.05, 0) is 23.3 Å². The summed E-state index contributed by atoms with van der Waals surface area (Å²) in [7, 11) is 2.03. The van der Waals surface area contributed by atoms with Gasteiger partial charge in [-0.2, -0.15) is 0 Å². The fourth-order valence-electron chi connectivity index (χ4n) is 1.59. The minimum atomic E-state index is 1.21. The Morgan fingerprint density at radius 1 is 0.667 bits per heavy atom. The second-order valence-corrected chi connectivity index (χ2v) is 4.12. The van der Waals surface area contributed by atoms with Crippen LogP contribution in [-0.2, 0) is 0 Å². The highest BCUT2D eigenvalue weighted by Crippen LogP contribution is 2.04. The van der Waals surface area contributed by atoms with E-state index >= 15 is 0 Å². The summed E-state index contributed by atoms with van der Waals surface area (Å²) in [6.07, 6.45) is 8.29. The average Bonchev–Trinajstić information content (AvgIpc) is 2.45. The monoisotopic (exact) mass is 235 g/mol. The smallest absolute Gasteiger partial charge is 0.0106 e. The molecule has 0 unspecified atom stereocenters. The lowest BCUT2D eigenvalue weighted by atomic mass is 10.2. The second kappa shape index (κ2) is 6.45. The molecular weight excluding hydrogens is 218 g/mol. The molecule has 0 aromatic heterocycles. The topological polar surface area (TPSA) is 3.24 Å². The lowest BCUT2D eigenvalue weighted by Crippen LogP contribution is -1.98. The van der Waals surface area contributed by atoms with Gasteiger partial charge in [-0.25, -0.2) is 0 Å². The molecule has 0 bridgehead atoms. The first-order chi connectivity index (χ1) is 8.84. The van der Waals surface area contributed by atoms with E-state index in [2.05, 4.69) is 48.8 Å². The van der Waals surface area contributed by atoms with Gasteiger partial charge < -0.3 is 4.90 Å². The van der Waals surface area contributed by atoms with Gasteiger partial charge in [0.2, 0.25) is 0 Å². The molecule has 0 radical (unpaired) electrons. The first-order valence-electron chi connectivity index (χ1n) is 6.03. The van der Waals surface area contributed by atoms with Crippen LogP contribution in [0.3, 0.4) is 0 Å². The molecule has 2 aromatic rings. The number of hydrogen-bond donors (Lipinski definition) is 0. The molecule has 1 heteroatoms. The third-order valence-electron chi connectivity index (χ3n) is 2.60. The highest BCUT2D eigenvalue weighted by atomic mass is 15.0. The Hall–Kier alpha value is -2.28. The van der Waals surface area contributed by atoms with Gasteiger partial charge in [0, 0.05) is 19.4 Å². The summed E-state index contributed by atoms with van der Waals surface area (Å²) in [4.78, 5) is 2.04. The minimum absolute atomic E-state index is 1.21. The van der Waals surface area contributed by atoms with Crippen molar-refractivity contribution in [2.75, 3.05) is 7.05 Å². The maximum Gasteiger partial charge on any atom is 0.0106 e. The fraction of sp³-hybridized carbons (Fsp3) is 0.0588. The molecule has 0 aliphatic heterocycles. The Kier molecular flexibility index (Phi) is 4.37. The summed E-state index contributed by atoms with van der Waals surface area (Å²) >= 11 is 0. The van der Waals surface area contributed by atoms with Crippen LogP contribution in [0.25, 0.3) is 12.2 Å². The first kappa shape index (κ1) is 12.2. The Bertz CT molecular complexity index is 462. The van der Waals surface area contributed by atoms with Crippen molar-refractivity contribution in [3.05, 3.63) is 84.2 Å². The molecule has 0 spiro atoms. The van der Waals surface area contributed by atoms with Crippen molar-refractivity contribution < 1.29 is 0 Å². The minimum Gasteiger partial charge on any atom is -0.357 e. The van der Waals surface area contributed by atoms with E-state index in [1.807, 2.05) is 48.3 Å². The van der Waals surface area contributed by atoms with Crippen molar-refractivity contribution in [2.24, 2.45) is 0 Å². The van der Waals surface area contributed by atoms with Gasteiger partial charge in [0.1, 0.15) is 0 Å². The molecule has 0 saturated heterocycles. The fourth-order valence-corrected chi connectivity index (χ4v) is 1.59. The largest absolute Gasteiger partial charge is 0.357 e. The van der Waals surface area contributed by atoms with Crippen LogP contribution in [0, 0.1) is 0 Å². The number of hydrogen-bond acceptors (Lipinski definition) is 1. The Balaban J connectivity index is 1.95. The standard InChI is InChI=1S/C17H17N/c1-18(14-12-16-8-4-2-5-9-16)15-13-17-10-6-3-7-11-17/h2-15H,1H3. The van der Waals surface area contributed by atoms with Crippen LogP contribution >= 0.6 is 0 Å². The Labute approximate surface area is 109 Å². The van der Waals surface area contributed by atoms with E-state index < -0.39 is 0 Å². The van der Waals surface area contributed by atoms with E-state index in [1.54, 1.807) is 0 Å². The normalized spacial score (nSPS) is 11.2. The van der Waals surface area contributed by atoms with Gasteiger partial charge in [-0.15, -0.1) is 0 Å². The van der Waals surface area contributed by atoms with Gasteiger partial charge in [0.25, 0.3) is 0 Å². The summed E-state index contributed by atoms with van der Waals surface area (Å²) in [5.74, 6) is 0. The Morgan fingerprint density at radius 3 is 1.44 bits per heavy atom. The zero-order chi connectivity index (χ0) is 12.6. The predicted octanol–water partition coefficient (Wildman–Crippen LogP) is 4.26. The van der Waals surface area contributed by atoms with E-state index in [0.717, 1.165) is 0 Å². The quantitative estimate of drug-likeness (QED) is 0.765. The van der Waals surface area contributed by atoms with Crippen molar-refractivity contribution >= 4 is 12.2 Å². The van der Waals surface area contributed by atoms with Gasteiger partial charge >= 0.3 is 0 Å². The van der Waals surface area contributed by atoms with E-state index in [1.165, 1.54) is 11.1 Å². The summed E-state index contributed by atoms with van der Waals surface area (Å²) in [6.45, 7) is 0. The van der Waals surface area contributed by atoms with Gasteiger partial charge in [-0.1, -0.05) is 60.7 Å². The number of rotatable bonds is 4. The van der Waals surface area contributed by atoms with Crippen LogP contribution in [-0.4, -0.2) is 11.9 Å². The highest BCUT2D eigenvalue weighted by Gasteiger charge is 1.86. The van der Waals surface area contributed by atoms with Crippen molar-refractivity contribution in [1.29, 1.82) is 0 Å². The van der Waals surface area contributed by atoms with Crippen LogP contribution in [0.15, 0.2) is 73.1 Å². The van der Waals surface area contributed by atoms with E-state index in [-0.39, 0.29) is 0 Å². The second-order valence-electron chi connectivity index (χ2n) is 4.12. The van der Waals surface area contributed by atoms with E-state index in [0.29, 0.717) is 0 Å². The molecule has 0 amide bonds. The third kappa shape index (κ3) is 3.95. The summed E-state index contributed by atoms with van der Waals surface area (Å²) in [6, 6.07) is 20.6. The summed E-state index contributed by atoms with van der Waals surface area (Å²) in [5.41, 5.74) is 2.41. The molecule has 1 nitrogen and oxygen atoms in total. The van der Waals surface area contributed by atoms with Crippen LogP contribution < -0.4 is 0 Å². The third-order valence-corrected chi connectivity index (χ3v) is 2.60. The van der Waals surface area contributed by atoms with Crippen molar-refractivity contribution in [1.82, 2.24) is 4.90 Å².